The zero-order valence-electron chi connectivity index (χ0n) is 13.7. The van der Waals surface area contributed by atoms with Gasteiger partial charge in [-0.25, -0.2) is 0 Å². The average Bonchev–Trinajstić information content (AvgIpc) is 2.52. The van der Waals surface area contributed by atoms with Crippen molar-refractivity contribution in [2.75, 3.05) is 19.8 Å². The van der Waals surface area contributed by atoms with Gasteiger partial charge in [0.05, 0.1) is 6.10 Å². The molecule has 0 radical (unpaired) electrons. The fourth-order valence-electron chi connectivity index (χ4n) is 2.70. The minimum Gasteiger partial charge on any atom is -0.491 e. The van der Waals surface area contributed by atoms with Gasteiger partial charge >= 0.3 is 0 Å². The first-order valence-corrected chi connectivity index (χ1v) is 8.29. The number of hydrogen-bond acceptors (Lipinski definition) is 3. The fraction of sp³-hybridized carbons (Fsp3) is 0.667. The van der Waals surface area contributed by atoms with Crippen LogP contribution in [0, 0.1) is 6.92 Å². The van der Waals surface area contributed by atoms with Crippen LogP contribution in [0.3, 0.4) is 0 Å². The molecule has 21 heavy (non-hydrogen) atoms. The largest absolute Gasteiger partial charge is 0.491 e. The summed E-state index contributed by atoms with van der Waals surface area (Å²) in [6.45, 7) is 9.12. The topological polar surface area (TPSA) is 30.5 Å². The van der Waals surface area contributed by atoms with Crippen LogP contribution >= 0.6 is 0 Å². The van der Waals surface area contributed by atoms with Gasteiger partial charge in [-0.05, 0) is 63.3 Å². The van der Waals surface area contributed by atoms with Gasteiger partial charge in [0, 0.05) is 12.6 Å². The lowest BCUT2D eigenvalue weighted by Gasteiger charge is -2.23. The number of hydrogen-bond donors (Lipinski definition) is 1. The Balaban J connectivity index is 1.89. The molecule has 0 saturated carbocycles. The first kappa shape index (κ1) is 16.3. The Bertz CT molecular complexity index is 427. The van der Waals surface area contributed by atoms with E-state index in [1.165, 1.54) is 24.0 Å². The summed E-state index contributed by atoms with van der Waals surface area (Å²) in [4.78, 5) is 0. The smallest absolute Gasteiger partial charge is 0.122 e. The van der Waals surface area contributed by atoms with Crippen LogP contribution in [0.5, 0.6) is 5.75 Å². The van der Waals surface area contributed by atoms with Gasteiger partial charge < -0.3 is 14.8 Å². The Morgan fingerprint density at radius 3 is 2.90 bits per heavy atom. The second kappa shape index (κ2) is 8.40. The highest BCUT2D eigenvalue weighted by Crippen LogP contribution is 2.24. The van der Waals surface area contributed by atoms with Crippen molar-refractivity contribution in [2.24, 2.45) is 0 Å². The number of rotatable bonds is 7. The minimum atomic E-state index is 0.267. The van der Waals surface area contributed by atoms with Crippen LogP contribution in [0.1, 0.15) is 56.7 Å². The standard InChI is InChI=1S/C18H29NO2/c1-4-10-19-15(3)16-8-9-18(14(2)12-16)21-13-17-7-5-6-11-20-17/h8-9,12,15,17,19H,4-7,10-11,13H2,1-3H3. The summed E-state index contributed by atoms with van der Waals surface area (Å²) in [6, 6.07) is 6.87. The maximum Gasteiger partial charge on any atom is 0.122 e. The van der Waals surface area contributed by atoms with E-state index in [-0.39, 0.29) is 6.10 Å². The lowest BCUT2D eigenvalue weighted by molar-refractivity contribution is -0.0111. The molecule has 0 spiro atoms. The van der Waals surface area contributed by atoms with E-state index in [0.717, 1.165) is 31.7 Å². The van der Waals surface area contributed by atoms with E-state index in [1.807, 2.05) is 0 Å². The Morgan fingerprint density at radius 2 is 2.24 bits per heavy atom. The average molecular weight is 291 g/mol. The molecule has 3 heteroatoms. The van der Waals surface area contributed by atoms with Crippen LogP contribution in [0.15, 0.2) is 18.2 Å². The number of ether oxygens (including phenoxy) is 2. The molecule has 2 atom stereocenters. The van der Waals surface area contributed by atoms with E-state index in [2.05, 4.69) is 44.3 Å². The molecule has 1 aliphatic heterocycles. The Morgan fingerprint density at radius 1 is 1.38 bits per heavy atom. The predicted octanol–water partition coefficient (Wildman–Crippen LogP) is 4.00. The van der Waals surface area contributed by atoms with E-state index >= 15 is 0 Å². The Hall–Kier alpha value is -1.06. The number of aryl methyl sites for hydroxylation is 1. The zero-order valence-corrected chi connectivity index (χ0v) is 13.7. The summed E-state index contributed by atoms with van der Waals surface area (Å²) in [5, 5.41) is 3.52. The highest BCUT2D eigenvalue weighted by molar-refractivity contribution is 5.37. The van der Waals surface area contributed by atoms with Crippen molar-refractivity contribution in [1.82, 2.24) is 5.32 Å². The SMILES string of the molecule is CCCNC(C)c1ccc(OCC2CCCCO2)c(C)c1. The van der Waals surface area contributed by atoms with Gasteiger partial charge in [-0.15, -0.1) is 0 Å². The molecule has 1 aromatic rings. The molecule has 118 valence electrons. The summed E-state index contributed by atoms with van der Waals surface area (Å²) >= 11 is 0. The lowest BCUT2D eigenvalue weighted by atomic mass is 10.0. The van der Waals surface area contributed by atoms with Gasteiger partial charge in [0.2, 0.25) is 0 Å². The molecule has 0 bridgehead atoms. The Kier molecular flexibility index (Phi) is 6.52. The molecular formula is C18H29NO2. The van der Waals surface area contributed by atoms with Gasteiger partial charge in [-0.3, -0.25) is 0 Å². The van der Waals surface area contributed by atoms with Gasteiger partial charge in [-0.1, -0.05) is 19.1 Å². The van der Waals surface area contributed by atoms with Crippen molar-refractivity contribution in [3.05, 3.63) is 29.3 Å². The van der Waals surface area contributed by atoms with Gasteiger partial charge in [0.1, 0.15) is 12.4 Å². The summed E-state index contributed by atoms with van der Waals surface area (Å²) in [7, 11) is 0. The lowest BCUT2D eigenvalue weighted by Crippen LogP contribution is -2.26. The van der Waals surface area contributed by atoms with Gasteiger partial charge in [0.25, 0.3) is 0 Å². The molecule has 3 nitrogen and oxygen atoms in total. The van der Waals surface area contributed by atoms with Crippen molar-refractivity contribution < 1.29 is 9.47 Å². The third kappa shape index (κ3) is 5.01. The zero-order chi connectivity index (χ0) is 15.1. The van der Waals surface area contributed by atoms with E-state index in [1.54, 1.807) is 0 Å². The summed E-state index contributed by atoms with van der Waals surface area (Å²) in [5.41, 5.74) is 2.52. The first-order valence-electron chi connectivity index (χ1n) is 8.29. The van der Waals surface area contributed by atoms with Crippen LogP contribution in [-0.4, -0.2) is 25.9 Å². The molecule has 2 unspecified atom stereocenters. The molecule has 1 aromatic carbocycles. The molecule has 1 aliphatic rings. The van der Waals surface area contributed by atoms with Crippen molar-refractivity contribution in [3.8, 4) is 5.75 Å². The number of benzene rings is 1. The summed E-state index contributed by atoms with van der Waals surface area (Å²) < 4.78 is 11.7. The molecule has 1 N–H and O–H groups in total. The van der Waals surface area contributed by atoms with E-state index < -0.39 is 0 Å². The quantitative estimate of drug-likeness (QED) is 0.823. The molecule has 0 aliphatic carbocycles. The third-order valence-electron chi connectivity index (χ3n) is 4.10. The van der Waals surface area contributed by atoms with Gasteiger partial charge in [0.15, 0.2) is 0 Å². The molecule has 1 fully saturated rings. The molecule has 1 heterocycles. The monoisotopic (exact) mass is 291 g/mol. The third-order valence-corrected chi connectivity index (χ3v) is 4.10. The van der Waals surface area contributed by atoms with Crippen molar-refractivity contribution in [3.63, 3.8) is 0 Å². The molecular weight excluding hydrogens is 262 g/mol. The minimum absolute atomic E-state index is 0.267. The normalized spacial score (nSPS) is 20.2. The van der Waals surface area contributed by atoms with E-state index in [4.69, 9.17) is 9.47 Å². The summed E-state index contributed by atoms with van der Waals surface area (Å²) in [6.07, 6.45) is 4.99. The maximum atomic E-state index is 5.95. The highest BCUT2D eigenvalue weighted by Gasteiger charge is 2.15. The van der Waals surface area contributed by atoms with Crippen molar-refractivity contribution in [1.29, 1.82) is 0 Å². The van der Waals surface area contributed by atoms with E-state index in [9.17, 15) is 0 Å². The fourth-order valence-corrected chi connectivity index (χ4v) is 2.70. The van der Waals surface area contributed by atoms with Crippen LogP contribution in [-0.2, 0) is 4.74 Å². The van der Waals surface area contributed by atoms with Gasteiger partial charge in [-0.2, -0.15) is 0 Å². The van der Waals surface area contributed by atoms with Crippen LogP contribution < -0.4 is 10.1 Å². The molecule has 1 saturated heterocycles. The first-order chi connectivity index (χ1) is 10.2. The van der Waals surface area contributed by atoms with Crippen LogP contribution in [0.4, 0.5) is 0 Å². The molecule has 2 rings (SSSR count). The van der Waals surface area contributed by atoms with Crippen molar-refractivity contribution in [2.45, 2.75) is 58.6 Å². The number of nitrogens with one attached hydrogen (secondary N) is 1. The molecule has 0 aromatic heterocycles. The Labute approximate surface area is 129 Å². The second-order valence-corrected chi connectivity index (χ2v) is 6.00. The summed E-state index contributed by atoms with van der Waals surface area (Å²) in [5.74, 6) is 0.982. The molecule has 0 amide bonds. The van der Waals surface area contributed by atoms with E-state index in [0.29, 0.717) is 12.6 Å². The highest BCUT2D eigenvalue weighted by atomic mass is 16.5. The predicted molar refractivity (Wildman–Crippen MR) is 87.0 cm³/mol. The second-order valence-electron chi connectivity index (χ2n) is 6.00. The van der Waals surface area contributed by atoms with Crippen molar-refractivity contribution >= 4 is 0 Å². The maximum absolute atomic E-state index is 5.95. The van der Waals surface area contributed by atoms with Crippen LogP contribution in [0.2, 0.25) is 0 Å². The van der Waals surface area contributed by atoms with Crippen LogP contribution in [0.25, 0.3) is 0 Å².